The largest absolute Gasteiger partial charge is 0.462 e. The van der Waals surface area contributed by atoms with Crippen molar-refractivity contribution in [2.45, 2.75) is 19.8 Å². The fraction of sp³-hybridized carbons (Fsp3) is 0.286. The van der Waals surface area contributed by atoms with Gasteiger partial charge in [-0.3, -0.25) is 10.1 Å². The molecular formula is C21H21FN2O4. The van der Waals surface area contributed by atoms with E-state index >= 15 is 0 Å². The van der Waals surface area contributed by atoms with Crippen molar-refractivity contribution in [2.75, 3.05) is 24.6 Å². The van der Waals surface area contributed by atoms with Gasteiger partial charge >= 0.3 is 5.97 Å². The van der Waals surface area contributed by atoms with Gasteiger partial charge in [0.2, 0.25) is 5.70 Å². The van der Waals surface area contributed by atoms with Crippen LogP contribution in [0.4, 0.5) is 10.1 Å². The van der Waals surface area contributed by atoms with Crippen molar-refractivity contribution in [1.82, 2.24) is 0 Å². The predicted molar refractivity (Wildman–Crippen MR) is 104 cm³/mol. The number of ether oxygens (including phenoxy) is 1. The number of rotatable bonds is 7. The summed E-state index contributed by atoms with van der Waals surface area (Å²) < 4.78 is 18.1. The van der Waals surface area contributed by atoms with Gasteiger partial charge in [0.15, 0.2) is 0 Å². The minimum atomic E-state index is -0.459. The Morgan fingerprint density at radius 2 is 2.04 bits per heavy atom. The van der Waals surface area contributed by atoms with Crippen LogP contribution in [-0.4, -0.2) is 30.6 Å². The van der Waals surface area contributed by atoms with Crippen molar-refractivity contribution in [3.8, 4) is 0 Å². The second-order valence-electron chi connectivity index (χ2n) is 6.66. The Kier molecular flexibility index (Phi) is 6.03. The molecule has 0 radical (unpaired) electrons. The molecule has 7 heteroatoms. The summed E-state index contributed by atoms with van der Waals surface area (Å²) in [4.78, 5) is 24.5. The molecule has 0 unspecified atom stereocenters. The maximum Gasteiger partial charge on any atom is 0.338 e. The molecule has 1 heterocycles. The zero-order chi connectivity index (χ0) is 20.1. The number of anilines is 1. The van der Waals surface area contributed by atoms with Gasteiger partial charge in [0.1, 0.15) is 5.82 Å². The van der Waals surface area contributed by atoms with Crippen LogP contribution < -0.4 is 4.90 Å². The van der Waals surface area contributed by atoms with Gasteiger partial charge in [0.05, 0.1) is 17.1 Å². The van der Waals surface area contributed by atoms with Crippen molar-refractivity contribution in [3.05, 3.63) is 80.8 Å². The number of benzene rings is 2. The lowest BCUT2D eigenvalue weighted by molar-refractivity contribution is -0.422. The van der Waals surface area contributed by atoms with E-state index in [4.69, 9.17) is 4.74 Å². The summed E-state index contributed by atoms with van der Waals surface area (Å²) in [6, 6.07) is 11.1. The van der Waals surface area contributed by atoms with E-state index in [2.05, 4.69) is 4.90 Å². The molecule has 0 saturated heterocycles. The normalized spacial score (nSPS) is 13.4. The fourth-order valence-electron chi connectivity index (χ4n) is 3.20. The SMILES string of the molecule is CC(=Cc1ccc2c(c1)CCN2CCCOC(=O)c1ccc(F)cc1)[N+](=O)[O-]. The van der Waals surface area contributed by atoms with Crippen molar-refractivity contribution in [2.24, 2.45) is 0 Å². The number of hydrogen-bond donors (Lipinski definition) is 0. The summed E-state index contributed by atoms with van der Waals surface area (Å²) in [5.74, 6) is -0.851. The number of carbonyl (C=O) groups is 1. The molecule has 0 aromatic heterocycles. The molecule has 0 saturated carbocycles. The van der Waals surface area contributed by atoms with E-state index in [9.17, 15) is 19.3 Å². The molecule has 2 aromatic rings. The van der Waals surface area contributed by atoms with Gasteiger partial charge in [-0.25, -0.2) is 9.18 Å². The molecule has 0 fully saturated rings. The van der Waals surface area contributed by atoms with Crippen LogP contribution in [-0.2, 0) is 11.2 Å². The molecular weight excluding hydrogens is 363 g/mol. The van der Waals surface area contributed by atoms with Gasteiger partial charge in [-0.15, -0.1) is 0 Å². The first-order valence-electron chi connectivity index (χ1n) is 9.07. The summed E-state index contributed by atoms with van der Waals surface area (Å²) in [6.45, 7) is 3.37. The molecule has 0 atom stereocenters. The number of nitro groups is 1. The summed E-state index contributed by atoms with van der Waals surface area (Å²) in [5.41, 5.74) is 3.54. The molecule has 1 aliphatic heterocycles. The van der Waals surface area contributed by atoms with Gasteiger partial charge < -0.3 is 9.64 Å². The molecule has 0 aliphatic carbocycles. The standard InChI is InChI=1S/C21H21FN2O4/c1-15(24(26)27)13-16-3-8-20-18(14-16)9-11-23(20)10-2-12-28-21(25)17-4-6-19(22)7-5-17/h3-8,13-14H,2,9-12H2,1H3. The smallest absolute Gasteiger partial charge is 0.338 e. The first kappa shape index (κ1) is 19.5. The van der Waals surface area contributed by atoms with Crippen LogP contribution in [0, 0.1) is 15.9 Å². The highest BCUT2D eigenvalue weighted by Crippen LogP contribution is 2.29. The molecule has 0 N–H and O–H groups in total. The first-order valence-corrected chi connectivity index (χ1v) is 9.07. The Bertz CT molecular complexity index is 909. The summed E-state index contributed by atoms with van der Waals surface area (Å²) in [5, 5.41) is 10.8. The third-order valence-electron chi connectivity index (χ3n) is 4.64. The average molecular weight is 384 g/mol. The second kappa shape index (κ2) is 8.65. The first-order chi connectivity index (χ1) is 13.4. The van der Waals surface area contributed by atoms with E-state index in [0.29, 0.717) is 12.0 Å². The Labute approximate surface area is 162 Å². The Balaban J connectivity index is 1.51. The van der Waals surface area contributed by atoms with E-state index in [-0.39, 0.29) is 12.3 Å². The maximum absolute atomic E-state index is 12.9. The molecule has 28 heavy (non-hydrogen) atoms. The molecule has 1 aliphatic rings. The topological polar surface area (TPSA) is 72.7 Å². The Hall–Kier alpha value is -3.22. The minimum Gasteiger partial charge on any atom is -0.462 e. The number of hydrogen-bond acceptors (Lipinski definition) is 5. The second-order valence-corrected chi connectivity index (χ2v) is 6.66. The minimum absolute atomic E-state index is 0.109. The number of nitrogens with zero attached hydrogens (tertiary/aromatic N) is 2. The van der Waals surface area contributed by atoms with Crippen LogP contribution in [0.25, 0.3) is 6.08 Å². The van der Waals surface area contributed by atoms with Crippen LogP contribution in [0.3, 0.4) is 0 Å². The van der Waals surface area contributed by atoms with Crippen LogP contribution >= 0.6 is 0 Å². The summed E-state index contributed by atoms with van der Waals surface area (Å²) >= 11 is 0. The van der Waals surface area contributed by atoms with E-state index in [1.807, 2.05) is 18.2 Å². The average Bonchev–Trinajstić information content (AvgIpc) is 3.07. The summed E-state index contributed by atoms with van der Waals surface area (Å²) in [6.07, 6.45) is 3.12. The number of esters is 1. The molecule has 6 nitrogen and oxygen atoms in total. The van der Waals surface area contributed by atoms with Crippen molar-refractivity contribution in [3.63, 3.8) is 0 Å². The van der Waals surface area contributed by atoms with Gasteiger partial charge in [0, 0.05) is 31.8 Å². The highest BCUT2D eigenvalue weighted by atomic mass is 19.1. The van der Waals surface area contributed by atoms with Gasteiger partial charge in [-0.2, -0.15) is 0 Å². The maximum atomic E-state index is 12.9. The lowest BCUT2D eigenvalue weighted by Gasteiger charge is -2.19. The zero-order valence-electron chi connectivity index (χ0n) is 15.6. The number of allylic oxidation sites excluding steroid dienone is 1. The number of carbonyl (C=O) groups excluding carboxylic acids is 1. The van der Waals surface area contributed by atoms with Gasteiger partial charge in [-0.1, -0.05) is 6.07 Å². The molecule has 0 bridgehead atoms. The van der Waals surface area contributed by atoms with E-state index in [0.717, 1.165) is 36.3 Å². The fourth-order valence-corrected chi connectivity index (χ4v) is 3.20. The van der Waals surface area contributed by atoms with Crippen molar-refractivity contribution >= 4 is 17.7 Å². The molecule has 3 rings (SSSR count). The third-order valence-corrected chi connectivity index (χ3v) is 4.64. The lowest BCUT2D eigenvalue weighted by atomic mass is 10.1. The zero-order valence-corrected chi connectivity index (χ0v) is 15.6. The Morgan fingerprint density at radius 1 is 1.29 bits per heavy atom. The lowest BCUT2D eigenvalue weighted by Crippen LogP contribution is -2.23. The number of halogens is 1. The van der Waals surface area contributed by atoms with E-state index in [1.54, 1.807) is 6.08 Å². The van der Waals surface area contributed by atoms with Gasteiger partial charge in [0.25, 0.3) is 0 Å². The summed E-state index contributed by atoms with van der Waals surface area (Å²) in [7, 11) is 0. The van der Waals surface area contributed by atoms with Gasteiger partial charge in [-0.05, 0) is 60.4 Å². The van der Waals surface area contributed by atoms with E-state index < -0.39 is 16.7 Å². The van der Waals surface area contributed by atoms with Crippen LogP contribution in [0.2, 0.25) is 0 Å². The molecule has 2 aromatic carbocycles. The van der Waals surface area contributed by atoms with Crippen molar-refractivity contribution < 1.29 is 18.8 Å². The van der Waals surface area contributed by atoms with Crippen LogP contribution in [0.1, 0.15) is 34.8 Å². The van der Waals surface area contributed by atoms with Crippen LogP contribution in [0.15, 0.2) is 48.2 Å². The van der Waals surface area contributed by atoms with Crippen LogP contribution in [0.5, 0.6) is 0 Å². The van der Waals surface area contributed by atoms with Crippen molar-refractivity contribution in [1.29, 1.82) is 0 Å². The Morgan fingerprint density at radius 3 is 2.75 bits per heavy atom. The highest BCUT2D eigenvalue weighted by molar-refractivity contribution is 5.89. The molecule has 146 valence electrons. The third kappa shape index (κ3) is 4.73. The molecule has 0 amide bonds. The predicted octanol–water partition coefficient (Wildman–Crippen LogP) is 4.07. The molecule has 0 spiro atoms. The monoisotopic (exact) mass is 384 g/mol. The highest BCUT2D eigenvalue weighted by Gasteiger charge is 2.19. The quantitative estimate of drug-likeness (QED) is 0.311. The number of fused-ring (bicyclic) bond motifs is 1. The van der Waals surface area contributed by atoms with E-state index in [1.165, 1.54) is 31.2 Å².